The molecule has 0 radical (unpaired) electrons. The Hall–Kier alpha value is -3.38. The van der Waals surface area contributed by atoms with Crippen LogP contribution in [0, 0.1) is 21.4 Å². The standard InChI is InChI=1S/C18H15N3O5S/c1-11(17(22)20-14-6-4-3-5-13(14)10-19)26-18(23)12-7-8-16(27-2)15(9-12)21(24)25/h3-9,11H,1-2H3,(H,20,22)/t11-/m1/s1. The van der Waals surface area contributed by atoms with Gasteiger partial charge in [0.1, 0.15) is 6.07 Å². The second-order valence-electron chi connectivity index (χ2n) is 5.34. The Balaban J connectivity index is 2.11. The van der Waals surface area contributed by atoms with Crippen LogP contribution in [0.4, 0.5) is 11.4 Å². The minimum absolute atomic E-state index is 0.0309. The molecule has 9 heteroatoms. The van der Waals surface area contributed by atoms with Crippen molar-refractivity contribution in [2.75, 3.05) is 11.6 Å². The summed E-state index contributed by atoms with van der Waals surface area (Å²) in [5.41, 5.74) is 0.328. The highest BCUT2D eigenvalue weighted by Gasteiger charge is 2.22. The fourth-order valence-electron chi connectivity index (χ4n) is 2.17. The Morgan fingerprint density at radius 1 is 1.30 bits per heavy atom. The number of nitriles is 1. The molecular formula is C18H15N3O5S. The molecule has 0 heterocycles. The highest BCUT2D eigenvalue weighted by Crippen LogP contribution is 2.28. The van der Waals surface area contributed by atoms with Crippen LogP contribution in [0.5, 0.6) is 0 Å². The number of hydrogen-bond acceptors (Lipinski definition) is 7. The summed E-state index contributed by atoms with van der Waals surface area (Å²) in [4.78, 5) is 35.4. The molecule has 138 valence electrons. The molecule has 2 aromatic rings. The molecular weight excluding hydrogens is 370 g/mol. The topological polar surface area (TPSA) is 122 Å². The zero-order valence-electron chi connectivity index (χ0n) is 14.5. The third-order valence-corrected chi connectivity index (χ3v) is 4.35. The maximum absolute atomic E-state index is 12.2. The number of carbonyl (C=O) groups excluding carboxylic acids is 2. The third kappa shape index (κ3) is 4.83. The third-order valence-electron chi connectivity index (χ3n) is 3.57. The van der Waals surface area contributed by atoms with Crippen molar-refractivity contribution in [3.63, 3.8) is 0 Å². The summed E-state index contributed by atoms with van der Waals surface area (Å²) in [6, 6.07) is 12.3. The maximum Gasteiger partial charge on any atom is 0.339 e. The van der Waals surface area contributed by atoms with E-state index in [-0.39, 0.29) is 16.8 Å². The molecule has 0 aromatic heterocycles. The molecule has 1 atom stereocenters. The summed E-state index contributed by atoms with van der Waals surface area (Å²) < 4.78 is 5.09. The van der Waals surface area contributed by atoms with Crippen LogP contribution in [0.25, 0.3) is 0 Å². The lowest BCUT2D eigenvalue weighted by molar-refractivity contribution is -0.387. The van der Waals surface area contributed by atoms with E-state index in [2.05, 4.69) is 5.32 Å². The molecule has 0 unspecified atom stereocenters. The summed E-state index contributed by atoms with van der Waals surface area (Å²) >= 11 is 1.18. The first-order chi connectivity index (χ1) is 12.9. The van der Waals surface area contributed by atoms with Crippen LogP contribution in [0.1, 0.15) is 22.8 Å². The zero-order valence-corrected chi connectivity index (χ0v) is 15.3. The minimum atomic E-state index is -1.16. The fraction of sp³-hybridized carbons (Fsp3) is 0.167. The first-order valence-corrected chi connectivity index (χ1v) is 8.93. The lowest BCUT2D eigenvalue weighted by atomic mass is 10.2. The van der Waals surface area contributed by atoms with E-state index in [4.69, 9.17) is 10.00 Å². The Morgan fingerprint density at radius 2 is 2.00 bits per heavy atom. The molecule has 0 aliphatic heterocycles. The van der Waals surface area contributed by atoms with Gasteiger partial charge in [-0.05, 0) is 37.4 Å². The van der Waals surface area contributed by atoms with Crippen molar-refractivity contribution >= 4 is 35.0 Å². The van der Waals surface area contributed by atoms with Crippen molar-refractivity contribution < 1.29 is 19.2 Å². The fourth-order valence-corrected chi connectivity index (χ4v) is 2.71. The molecule has 1 amide bonds. The molecule has 0 aliphatic rings. The Labute approximate surface area is 159 Å². The molecule has 1 N–H and O–H groups in total. The largest absolute Gasteiger partial charge is 0.449 e. The molecule has 2 rings (SSSR count). The zero-order chi connectivity index (χ0) is 20.0. The number of amides is 1. The number of esters is 1. The summed E-state index contributed by atoms with van der Waals surface area (Å²) in [5, 5.41) is 22.6. The summed E-state index contributed by atoms with van der Waals surface area (Å²) in [6.45, 7) is 1.37. The van der Waals surface area contributed by atoms with Gasteiger partial charge in [0.2, 0.25) is 0 Å². The monoisotopic (exact) mass is 385 g/mol. The number of benzene rings is 2. The van der Waals surface area contributed by atoms with E-state index in [1.165, 1.54) is 30.8 Å². The van der Waals surface area contributed by atoms with Gasteiger partial charge in [0, 0.05) is 6.07 Å². The molecule has 0 saturated heterocycles. The number of nitrogens with one attached hydrogen (secondary N) is 1. The van der Waals surface area contributed by atoms with Gasteiger partial charge in [-0.2, -0.15) is 5.26 Å². The Bertz CT molecular complexity index is 939. The van der Waals surface area contributed by atoms with Crippen molar-refractivity contribution in [3.8, 4) is 6.07 Å². The van der Waals surface area contributed by atoms with Crippen molar-refractivity contribution in [3.05, 3.63) is 63.7 Å². The van der Waals surface area contributed by atoms with Crippen molar-refractivity contribution in [2.45, 2.75) is 17.9 Å². The van der Waals surface area contributed by atoms with Crippen LogP contribution >= 0.6 is 11.8 Å². The van der Waals surface area contributed by atoms with E-state index in [1.54, 1.807) is 30.5 Å². The second-order valence-corrected chi connectivity index (χ2v) is 6.19. The van der Waals surface area contributed by atoms with Crippen molar-refractivity contribution in [2.24, 2.45) is 0 Å². The molecule has 0 bridgehead atoms. The summed E-state index contributed by atoms with van der Waals surface area (Å²) in [5.74, 6) is -1.48. The number of nitrogens with zero attached hydrogens (tertiary/aromatic N) is 2. The Kier molecular flexibility index (Phi) is 6.51. The van der Waals surface area contributed by atoms with Crippen molar-refractivity contribution in [1.82, 2.24) is 0 Å². The van der Waals surface area contributed by atoms with E-state index in [1.807, 2.05) is 6.07 Å². The maximum atomic E-state index is 12.2. The number of anilines is 1. The number of para-hydroxylation sites is 1. The number of carbonyl (C=O) groups is 2. The Morgan fingerprint density at radius 3 is 2.63 bits per heavy atom. The molecule has 0 saturated carbocycles. The van der Waals surface area contributed by atoms with E-state index in [0.29, 0.717) is 10.6 Å². The van der Waals surface area contributed by atoms with Crippen LogP contribution in [0.15, 0.2) is 47.4 Å². The van der Waals surface area contributed by atoms with Crippen LogP contribution in [0.2, 0.25) is 0 Å². The van der Waals surface area contributed by atoms with Gasteiger partial charge in [-0.1, -0.05) is 12.1 Å². The number of hydrogen-bond donors (Lipinski definition) is 1. The SMILES string of the molecule is CSc1ccc(C(=O)O[C@H](C)C(=O)Nc2ccccc2C#N)cc1[N+](=O)[O-]. The van der Waals surface area contributed by atoms with Gasteiger partial charge in [0.05, 0.1) is 26.6 Å². The van der Waals surface area contributed by atoms with E-state index < -0.39 is 22.9 Å². The highest BCUT2D eigenvalue weighted by atomic mass is 32.2. The van der Waals surface area contributed by atoms with E-state index >= 15 is 0 Å². The lowest BCUT2D eigenvalue weighted by Gasteiger charge is -2.14. The average molecular weight is 385 g/mol. The number of nitro groups is 1. The highest BCUT2D eigenvalue weighted by molar-refractivity contribution is 7.98. The van der Waals surface area contributed by atoms with Gasteiger partial charge in [-0.3, -0.25) is 14.9 Å². The normalized spacial score (nSPS) is 11.1. The molecule has 27 heavy (non-hydrogen) atoms. The predicted octanol–water partition coefficient (Wildman–Crippen LogP) is 3.37. The van der Waals surface area contributed by atoms with Gasteiger partial charge >= 0.3 is 5.97 Å². The van der Waals surface area contributed by atoms with E-state index in [0.717, 1.165) is 6.07 Å². The van der Waals surface area contributed by atoms with Crippen LogP contribution in [-0.2, 0) is 9.53 Å². The number of ether oxygens (including phenoxy) is 1. The van der Waals surface area contributed by atoms with Crippen molar-refractivity contribution in [1.29, 1.82) is 5.26 Å². The summed E-state index contributed by atoms with van der Waals surface area (Å²) in [6.07, 6.45) is 0.523. The molecule has 0 spiro atoms. The van der Waals surface area contributed by atoms with Gasteiger partial charge in [0.25, 0.3) is 11.6 Å². The molecule has 0 fully saturated rings. The predicted molar refractivity (Wildman–Crippen MR) is 99.5 cm³/mol. The number of rotatable bonds is 6. The van der Waals surface area contributed by atoms with Crippen LogP contribution < -0.4 is 5.32 Å². The van der Waals surface area contributed by atoms with Crippen LogP contribution in [0.3, 0.4) is 0 Å². The molecule has 0 aliphatic carbocycles. The first-order valence-electron chi connectivity index (χ1n) is 7.70. The quantitative estimate of drug-likeness (QED) is 0.350. The minimum Gasteiger partial charge on any atom is -0.449 e. The van der Waals surface area contributed by atoms with Crippen LogP contribution in [-0.4, -0.2) is 29.2 Å². The van der Waals surface area contributed by atoms with Gasteiger partial charge in [-0.25, -0.2) is 4.79 Å². The lowest BCUT2D eigenvalue weighted by Crippen LogP contribution is -2.30. The smallest absolute Gasteiger partial charge is 0.339 e. The molecule has 2 aromatic carbocycles. The number of thioether (sulfide) groups is 1. The van der Waals surface area contributed by atoms with E-state index in [9.17, 15) is 19.7 Å². The van der Waals surface area contributed by atoms with Gasteiger partial charge in [-0.15, -0.1) is 11.8 Å². The van der Waals surface area contributed by atoms with Gasteiger partial charge in [0.15, 0.2) is 6.10 Å². The number of nitro benzene ring substituents is 1. The summed E-state index contributed by atoms with van der Waals surface area (Å²) in [7, 11) is 0. The first kappa shape index (κ1) is 19.9. The molecule has 8 nitrogen and oxygen atoms in total. The van der Waals surface area contributed by atoms with Gasteiger partial charge < -0.3 is 10.1 Å². The second kappa shape index (κ2) is 8.82. The average Bonchev–Trinajstić information content (AvgIpc) is 2.67.